The Morgan fingerprint density at radius 2 is 1.72 bits per heavy atom. The van der Waals surface area contributed by atoms with Crippen molar-refractivity contribution in [3.05, 3.63) is 83.9 Å². The lowest BCUT2D eigenvalue weighted by Gasteiger charge is -2.20. The Morgan fingerprint density at radius 3 is 2.44 bits per heavy atom. The molecule has 0 saturated heterocycles. The molecule has 0 bridgehead atoms. The Morgan fingerprint density at radius 1 is 0.969 bits per heavy atom. The van der Waals surface area contributed by atoms with Crippen molar-refractivity contribution >= 4 is 32.6 Å². The SMILES string of the molecule is COc1ccc(OCCCC(=O)N(Cc2ccccc2)c2nc3c(C)cccc3s2)cc1. The van der Waals surface area contributed by atoms with Gasteiger partial charge in [-0.2, -0.15) is 0 Å². The van der Waals surface area contributed by atoms with Crippen LogP contribution in [0.25, 0.3) is 10.2 Å². The van der Waals surface area contributed by atoms with Crippen LogP contribution in [0.3, 0.4) is 0 Å². The molecule has 0 aliphatic heterocycles. The molecule has 0 saturated carbocycles. The van der Waals surface area contributed by atoms with Gasteiger partial charge in [-0.25, -0.2) is 4.98 Å². The van der Waals surface area contributed by atoms with Gasteiger partial charge < -0.3 is 9.47 Å². The fourth-order valence-electron chi connectivity index (χ4n) is 3.44. The number of aryl methyl sites for hydroxylation is 1. The van der Waals surface area contributed by atoms with E-state index in [4.69, 9.17) is 14.5 Å². The third-order valence-corrected chi connectivity index (χ3v) is 6.23. The summed E-state index contributed by atoms with van der Waals surface area (Å²) < 4.78 is 12.0. The standard InChI is InChI=1S/C26H26N2O3S/c1-19-8-6-11-23-25(19)27-26(32-23)28(18-20-9-4-3-5-10-20)24(29)12-7-17-31-22-15-13-21(30-2)14-16-22/h3-6,8-11,13-16H,7,12,17-18H2,1-2H3. The van der Waals surface area contributed by atoms with Crippen molar-refractivity contribution in [3.8, 4) is 11.5 Å². The summed E-state index contributed by atoms with van der Waals surface area (Å²) in [5.41, 5.74) is 3.15. The smallest absolute Gasteiger partial charge is 0.229 e. The van der Waals surface area contributed by atoms with E-state index in [1.165, 1.54) is 0 Å². The molecular weight excluding hydrogens is 420 g/mol. The van der Waals surface area contributed by atoms with E-state index in [1.54, 1.807) is 23.3 Å². The molecule has 0 N–H and O–H groups in total. The summed E-state index contributed by atoms with van der Waals surface area (Å²) in [4.78, 5) is 19.8. The first-order valence-electron chi connectivity index (χ1n) is 10.6. The number of anilines is 1. The van der Waals surface area contributed by atoms with Crippen LogP contribution < -0.4 is 14.4 Å². The van der Waals surface area contributed by atoms with Crippen LogP contribution in [0.2, 0.25) is 0 Å². The second-order valence-corrected chi connectivity index (χ2v) is 8.52. The fraction of sp³-hybridized carbons (Fsp3) is 0.231. The molecule has 6 heteroatoms. The van der Waals surface area contributed by atoms with Gasteiger partial charge in [-0.3, -0.25) is 9.69 Å². The van der Waals surface area contributed by atoms with E-state index >= 15 is 0 Å². The second kappa shape index (κ2) is 10.3. The Kier molecular flexibility index (Phi) is 7.02. The monoisotopic (exact) mass is 446 g/mol. The van der Waals surface area contributed by atoms with Crippen molar-refractivity contribution in [1.82, 2.24) is 4.98 Å². The van der Waals surface area contributed by atoms with E-state index in [2.05, 4.69) is 6.07 Å². The summed E-state index contributed by atoms with van der Waals surface area (Å²) >= 11 is 1.56. The van der Waals surface area contributed by atoms with Gasteiger partial charge in [0.05, 0.1) is 30.5 Å². The van der Waals surface area contributed by atoms with Crippen LogP contribution in [0.4, 0.5) is 5.13 Å². The van der Waals surface area contributed by atoms with Gasteiger partial charge in [-0.15, -0.1) is 0 Å². The van der Waals surface area contributed by atoms with E-state index in [0.717, 1.165) is 38.0 Å². The molecule has 1 aromatic heterocycles. The summed E-state index contributed by atoms with van der Waals surface area (Å²) in [5, 5.41) is 0.735. The van der Waals surface area contributed by atoms with Crippen LogP contribution in [0.5, 0.6) is 11.5 Å². The Balaban J connectivity index is 1.44. The normalized spacial score (nSPS) is 10.8. The van der Waals surface area contributed by atoms with Crippen molar-refractivity contribution in [2.75, 3.05) is 18.6 Å². The van der Waals surface area contributed by atoms with Crippen LogP contribution >= 0.6 is 11.3 Å². The van der Waals surface area contributed by atoms with Crippen molar-refractivity contribution in [1.29, 1.82) is 0 Å². The molecular formula is C26H26N2O3S. The number of benzene rings is 3. The molecule has 1 amide bonds. The maximum absolute atomic E-state index is 13.2. The lowest BCUT2D eigenvalue weighted by Crippen LogP contribution is -2.30. The third-order valence-electron chi connectivity index (χ3n) is 5.19. The number of methoxy groups -OCH3 is 1. The molecule has 0 aliphatic carbocycles. The van der Waals surface area contributed by atoms with Gasteiger partial charge in [0.15, 0.2) is 5.13 Å². The number of ether oxygens (including phenoxy) is 2. The average Bonchev–Trinajstić information content (AvgIpc) is 3.26. The zero-order valence-corrected chi connectivity index (χ0v) is 19.1. The number of hydrogen-bond acceptors (Lipinski definition) is 5. The molecule has 0 atom stereocenters. The van der Waals surface area contributed by atoms with E-state index in [9.17, 15) is 4.79 Å². The molecule has 5 nitrogen and oxygen atoms in total. The van der Waals surface area contributed by atoms with Gasteiger partial charge in [0.1, 0.15) is 11.5 Å². The van der Waals surface area contributed by atoms with Crippen LogP contribution in [-0.2, 0) is 11.3 Å². The molecule has 0 spiro atoms. The molecule has 164 valence electrons. The van der Waals surface area contributed by atoms with Gasteiger partial charge in [0, 0.05) is 6.42 Å². The lowest BCUT2D eigenvalue weighted by atomic mass is 10.2. The number of carbonyl (C=O) groups is 1. The number of amides is 1. The van der Waals surface area contributed by atoms with Gasteiger partial charge in [-0.05, 0) is 54.8 Å². The van der Waals surface area contributed by atoms with Crippen LogP contribution in [-0.4, -0.2) is 24.6 Å². The van der Waals surface area contributed by atoms with Gasteiger partial charge in [0.25, 0.3) is 0 Å². The first-order chi connectivity index (χ1) is 15.6. The van der Waals surface area contributed by atoms with Crippen molar-refractivity contribution in [3.63, 3.8) is 0 Å². The summed E-state index contributed by atoms with van der Waals surface area (Å²) in [6, 6.07) is 23.6. The van der Waals surface area contributed by atoms with E-state index in [0.29, 0.717) is 26.0 Å². The predicted molar refractivity (Wildman–Crippen MR) is 130 cm³/mol. The van der Waals surface area contributed by atoms with Crippen molar-refractivity contribution in [2.45, 2.75) is 26.3 Å². The van der Waals surface area contributed by atoms with E-state index in [-0.39, 0.29) is 5.91 Å². The first-order valence-corrected chi connectivity index (χ1v) is 11.4. The zero-order valence-electron chi connectivity index (χ0n) is 18.3. The van der Waals surface area contributed by atoms with Crippen molar-refractivity contribution in [2.24, 2.45) is 0 Å². The maximum atomic E-state index is 13.2. The Labute approximate surface area is 192 Å². The first kappa shape index (κ1) is 21.8. The molecule has 4 rings (SSSR count). The molecule has 0 unspecified atom stereocenters. The Bertz CT molecular complexity index is 1170. The number of hydrogen-bond donors (Lipinski definition) is 0. The highest BCUT2D eigenvalue weighted by atomic mass is 32.1. The highest BCUT2D eigenvalue weighted by Crippen LogP contribution is 2.32. The molecule has 0 fully saturated rings. The van der Waals surface area contributed by atoms with Crippen LogP contribution in [0.15, 0.2) is 72.8 Å². The summed E-state index contributed by atoms with van der Waals surface area (Å²) in [6.45, 7) is 3.01. The number of nitrogens with zero attached hydrogens (tertiary/aromatic N) is 2. The highest BCUT2D eigenvalue weighted by Gasteiger charge is 2.20. The number of aromatic nitrogens is 1. The zero-order chi connectivity index (χ0) is 22.3. The van der Waals surface area contributed by atoms with Gasteiger partial charge in [0.2, 0.25) is 5.91 Å². The van der Waals surface area contributed by atoms with Gasteiger partial charge in [-0.1, -0.05) is 53.8 Å². The number of para-hydroxylation sites is 1. The molecule has 32 heavy (non-hydrogen) atoms. The summed E-state index contributed by atoms with van der Waals surface area (Å²) in [5.74, 6) is 1.60. The number of carbonyl (C=O) groups excluding carboxylic acids is 1. The van der Waals surface area contributed by atoms with Gasteiger partial charge >= 0.3 is 0 Å². The highest BCUT2D eigenvalue weighted by molar-refractivity contribution is 7.22. The largest absolute Gasteiger partial charge is 0.497 e. The minimum Gasteiger partial charge on any atom is -0.497 e. The van der Waals surface area contributed by atoms with E-state index in [1.807, 2.05) is 73.7 Å². The topological polar surface area (TPSA) is 51.7 Å². The van der Waals surface area contributed by atoms with E-state index < -0.39 is 0 Å². The fourth-order valence-corrected chi connectivity index (χ4v) is 4.50. The number of fused-ring (bicyclic) bond motifs is 1. The molecule has 0 aliphatic rings. The quantitative estimate of drug-likeness (QED) is 0.296. The Hall–Kier alpha value is -3.38. The maximum Gasteiger partial charge on any atom is 0.229 e. The molecule has 0 radical (unpaired) electrons. The average molecular weight is 447 g/mol. The predicted octanol–water partition coefficient (Wildman–Crippen LogP) is 6.01. The molecule has 1 heterocycles. The van der Waals surface area contributed by atoms with Crippen LogP contribution in [0, 0.1) is 6.92 Å². The molecule has 3 aromatic carbocycles. The second-order valence-electron chi connectivity index (χ2n) is 7.51. The lowest BCUT2D eigenvalue weighted by molar-refractivity contribution is -0.119. The third kappa shape index (κ3) is 5.26. The van der Waals surface area contributed by atoms with Crippen molar-refractivity contribution < 1.29 is 14.3 Å². The number of rotatable bonds is 9. The summed E-state index contributed by atoms with van der Waals surface area (Å²) in [6.07, 6.45) is 1.01. The summed E-state index contributed by atoms with van der Waals surface area (Å²) in [7, 11) is 1.63. The minimum absolute atomic E-state index is 0.0453. The molecule has 4 aromatic rings. The van der Waals surface area contributed by atoms with Crippen LogP contribution in [0.1, 0.15) is 24.0 Å². The number of thiazole rings is 1. The minimum atomic E-state index is 0.0453.